The minimum atomic E-state index is -0.295. The molecule has 4 rings (SSSR count). The Morgan fingerprint density at radius 2 is 1.96 bits per heavy atom. The van der Waals surface area contributed by atoms with Gasteiger partial charge in [-0.1, -0.05) is 18.2 Å². The van der Waals surface area contributed by atoms with E-state index in [4.69, 9.17) is 0 Å². The zero-order chi connectivity index (χ0) is 17.2. The molecule has 6 heteroatoms. The van der Waals surface area contributed by atoms with Crippen LogP contribution in [0.5, 0.6) is 0 Å². The Morgan fingerprint density at radius 1 is 1.08 bits per heavy atom. The van der Waals surface area contributed by atoms with Crippen molar-refractivity contribution in [2.24, 2.45) is 0 Å². The number of nitrogens with zero attached hydrogens (tertiary/aromatic N) is 3. The van der Waals surface area contributed by atoms with E-state index in [0.717, 1.165) is 27.6 Å². The van der Waals surface area contributed by atoms with Crippen LogP contribution in [0.2, 0.25) is 0 Å². The van der Waals surface area contributed by atoms with Crippen LogP contribution < -0.4 is 5.32 Å². The maximum absolute atomic E-state index is 12.6. The molecule has 0 atom stereocenters. The van der Waals surface area contributed by atoms with Crippen LogP contribution in [0.4, 0.5) is 5.82 Å². The molecule has 0 aliphatic rings. The number of anilines is 1. The monoisotopic (exact) mass is 329 g/mol. The predicted molar refractivity (Wildman–Crippen MR) is 96.3 cm³/mol. The zero-order valence-electron chi connectivity index (χ0n) is 13.5. The Morgan fingerprint density at radius 3 is 2.76 bits per heavy atom. The van der Waals surface area contributed by atoms with E-state index in [1.54, 1.807) is 18.6 Å². The van der Waals surface area contributed by atoms with Crippen molar-refractivity contribution < 1.29 is 4.79 Å². The van der Waals surface area contributed by atoms with Gasteiger partial charge in [-0.05, 0) is 42.3 Å². The molecule has 2 N–H and O–H groups in total. The quantitative estimate of drug-likeness (QED) is 0.602. The zero-order valence-corrected chi connectivity index (χ0v) is 13.5. The number of amides is 1. The van der Waals surface area contributed by atoms with Gasteiger partial charge in [0.25, 0.3) is 5.91 Å². The van der Waals surface area contributed by atoms with Gasteiger partial charge in [0.2, 0.25) is 0 Å². The minimum absolute atomic E-state index is 0.295. The summed E-state index contributed by atoms with van der Waals surface area (Å²) in [6.45, 7) is 1.89. The van der Waals surface area contributed by atoms with Crippen molar-refractivity contribution in [1.29, 1.82) is 0 Å². The Labute approximate surface area is 144 Å². The number of hydrogen-bond donors (Lipinski definition) is 2. The normalized spacial score (nSPS) is 10.8. The first-order valence-electron chi connectivity index (χ1n) is 7.84. The molecule has 0 saturated carbocycles. The first-order valence-corrected chi connectivity index (χ1v) is 7.84. The van der Waals surface area contributed by atoms with Gasteiger partial charge in [0.1, 0.15) is 5.82 Å². The van der Waals surface area contributed by atoms with Crippen LogP contribution in [0.3, 0.4) is 0 Å². The molecule has 3 heterocycles. The lowest BCUT2D eigenvalue weighted by Gasteiger charge is -2.06. The van der Waals surface area contributed by atoms with Gasteiger partial charge in [0.15, 0.2) is 5.69 Å². The predicted octanol–water partition coefficient (Wildman–Crippen LogP) is 3.58. The number of rotatable bonds is 3. The third kappa shape index (κ3) is 2.85. The summed E-state index contributed by atoms with van der Waals surface area (Å²) in [7, 11) is 0. The third-order valence-electron chi connectivity index (χ3n) is 4.01. The molecule has 1 aromatic carbocycles. The fourth-order valence-electron chi connectivity index (χ4n) is 2.68. The van der Waals surface area contributed by atoms with Crippen LogP contribution >= 0.6 is 0 Å². The fraction of sp³-hybridized carbons (Fsp3) is 0.0526. The van der Waals surface area contributed by atoms with E-state index in [-0.39, 0.29) is 5.91 Å². The van der Waals surface area contributed by atoms with E-state index < -0.39 is 0 Å². The van der Waals surface area contributed by atoms with E-state index in [2.05, 4.69) is 25.5 Å². The largest absolute Gasteiger partial charge is 0.305 e. The molecule has 4 aromatic rings. The SMILES string of the molecule is Cc1cccnc1NC(=O)c1n[nH]c2ccc(-c3cccnc3)cc12. The molecule has 0 aliphatic carbocycles. The molecule has 3 aromatic heterocycles. The highest BCUT2D eigenvalue weighted by Crippen LogP contribution is 2.25. The molecule has 0 spiro atoms. The van der Waals surface area contributed by atoms with Crippen LogP contribution in [-0.4, -0.2) is 26.1 Å². The first-order chi connectivity index (χ1) is 12.2. The molecule has 122 valence electrons. The standard InChI is InChI=1S/C19H15N5O/c1-12-4-2-9-21-18(12)22-19(25)17-15-10-13(6-7-16(15)23-24-17)14-5-3-8-20-11-14/h2-11H,1H3,(H,23,24)(H,21,22,25). The van der Waals surface area contributed by atoms with Crippen LogP contribution in [-0.2, 0) is 0 Å². The number of carbonyl (C=O) groups is 1. The number of fused-ring (bicyclic) bond motifs is 1. The molecular formula is C19H15N5O. The van der Waals surface area contributed by atoms with Crippen LogP contribution in [0.1, 0.15) is 16.1 Å². The molecule has 0 saturated heterocycles. The number of aromatic amines is 1. The highest BCUT2D eigenvalue weighted by molar-refractivity contribution is 6.11. The van der Waals surface area contributed by atoms with E-state index >= 15 is 0 Å². The lowest BCUT2D eigenvalue weighted by molar-refractivity contribution is 0.102. The number of H-pyrrole nitrogens is 1. The van der Waals surface area contributed by atoms with Gasteiger partial charge >= 0.3 is 0 Å². The summed E-state index contributed by atoms with van der Waals surface area (Å²) in [5.41, 5.74) is 4.00. The number of hydrogen-bond acceptors (Lipinski definition) is 4. The van der Waals surface area contributed by atoms with Gasteiger partial charge in [0.05, 0.1) is 5.52 Å². The molecule has 0 bridgehead atoms. The van der Waals surface area contributed by atoms with Gasteiger partial charge < -0.3 is 5.32 Å². The molecule has 0 radical (unpaired) electrons. The van der Waals surface area contributed by atoms with Crippen molar-refractivity contribution in [2.75, 3.05) is 5.32 Å². The van der Waals surface area contributed by atoms with Gasteiger partial charge in [-0.15, -0.1) is 0 Å². The number of nitrogens with one attached hydrogen (secondary N) is 2. The molecule has 25 heavy (non-hydrogen) atoms. The van der Waals surface area contributed by atoms with E-state index in [0.29, 0.717) is 11.5 Å². The minimum Gasteiger partial charge on any atom is -0.305 e. The maximum Gasteiger partial charge on any atom is 0.277 e. The summed E-state index contributed by atoms with van der Waals surface area (Å²) in [5.74, 6) is 0.239. The number of aryl methyl sites for hydroxylation is 1. The third-order valence-corrected chi connectivity index (χ3v) is 4.01. The second-order valence-corrected chi connectivity index (χ2v) is 5.70. The summed E-state index contributed by atoms with van der Waals surface area (Å²) >= 11 is 0. The Kier molecular flexibility index (Phi) is 3.70. The average Bonchev–Trinajstić information content (AvgIpc) is 3.07. The molecule has 6 nitrogen and oxygen atoms in total. The smallest absolute Gasteiger partial charge is 0.277 e. The second-order valence-electron chi connectivity index (χ2n) is 5.70. The van der Waals surface area contributed by atoms with Crippen molar-refractivity contribution in [1.82, 2.24) is 20.2 Å². The van der Waals surface area contributed by atoms with Crippen molar-refractivity contribution >= 4 is 22.6 Å². The molecule has 0 unspecified atom stereocenters. The number of pyridine rings is 2. The summed E-state index contributed by atoms with van der Waals surface area (Å²) < 4.78 is 0. The summed E-state index contributed by atoms with van der Waals surface area (Å²) in [6.07, 6.45) is 5.16. The van der Waals surface area contributed by atoms with Crippen LogP contribution in [0, 0.1) is 6.92 Å². The van der Waals surface area contributed by atoms with E-state index in [1.165, 1.54) is 0 Å². The lowest BCUT2D eigenvalue weighted by Crippen LogP contribution is -2.14. The Hall–Kier alpha value is -3.54. The van der Waals surface area contributed by atoms with Crippen molar-refractivity contribution in [2.45, 2.75) is 6.92 Å². The lowest BCUT2D eigenvalue weighted by atomic mass is 10.0. The van der Waals surface area contributed by atoms with E-state index in [1.807, 2.05) is 49.4 Å². The second kappa shape index (κ2) is 6.16. The Bertz CT molecular complexity index is 1060. The first kappa shape index (κ1) is 15.0. The van der Waals surface area contributed by atoms with E-state index in [9.17, 15) is 4.79 Å². The van der Waals surface area contributed by atoms with Gasteiger partial charge in [-0.2, -0.15) is 5.10 Å². The van der Waals surface area contributed by atoms with Crippen LogP contribution in [0.15, 0.2) is 61.1 Å². The molecule has 0 aliphatic heterocycles. The molecule has 1 amide bonds. The highest BCUT2D eigenvalue weighted by Gasteiger charge is 2.16. The number of aromatic nitrogens is 4. The number of benzene rings is 1. The van der Waals surface area contributed by atoms with Gasteiger partial charge in [-0.3, -0.25) is 14.9 Å². The fourth-order valence-corrected chi connectivity index (χ4v) is 2.68. The summed E-state index contributed by atoms with van der Waals surface area (Å²) in [5, 5.41) is 10.7. The number of carbonyl (C=O) groups excluding carboxylic acids is 1. The van der Waals surface area contributed by atoms with Crippen molar-refractivity contribution in [3.05, 3.63) is 72.3 Å². The van der Waals surface area contributed by atoms with Gasteiger partial charge in [0, 0.05) is 29.5 Å². The van der Waals surface area contributed by atoms with Crippen molar-refractivity contribution in [3.8, 4) is 11.1 Å². The maximum atomic E-state index is 12.6. The molecule has 0 fully saturated rings. The topological polar surface area (TPSA) is 83.6 Å². The summed E-state index contributed by atoms with van der Waals surface area (Å²) in [6, 6.07) is 13.4. The Balaban J connectivity index is 1.72. The van der Waals surface area contributed by atoms with Crippen molar-refractivity contribution in [3.63, 3.8) is 0 Å². The van der Waals surface area contributed by atoms with Gasteiger partial charge in [-0.25, -0.2) is 4.98 Å². The van der Waals surface area contributed by atoms with Crippen LogP contribution in [0.25, 0.3) is 22.0 Å². The molecular weight excluding hydrogens is 314 g/mol. The highest BCUT2D eigenvalue weighted by atomic mass is 16.2. The average molecular weight is 329 g/mol. The summed E-state index contributed by atoms with van der Waals surface area (Å²) in [4.78, 5) is 21.0.